The van der Waals surface area contributed by atoms with E-state index in [-0.39, 0.29) is 49.6 Å². The molecule has 2 saturated heterocycles. The van der Waals surface area contributed by atoms with Crippen LogP contribution in [0.25, 0.3) is 0 Å². The molecular formula is C12H18N4O4. The molecule has 0 radical (unpaired) electrons. The van der Waals surface area contributed by atoms with Gasteiger partial charge in [-0.3, -0.25) is 29.0 Å². The van der Waals surface area contributed by atoms with Gasteiger partial charge in [0.1, 0.15) is 0 Å². The number of carbonyl (C=O) groups is 4. The molecule has 8 heteroatoms. The largest absolute Gasteiger partial charge is 0.342 e. The van der Waals surface area contributed by atoms with Crippen LogP contribution in [0.3, 0.4) is 0 Å². The van der Waals surface area contributed by atoms with E-state index in [0.29, 0.717) is 6.54 Å². The van der Waals surface area contributed by atoms with Crippen LogP contribution in [0.5, 0.6) is 0 Å². The lowest BCUT2D eigenvalue weighted by Gasteiger charge is -2.29. The summed E-state index contributed by atoms with van der Waals surface area (Å²) in [7, 11) is 3.04. The topological polar surface area (TPSA) is 90.0 Å². The van der Waals surface area contributed by atoms with Crippen molar-refractivity contribution in [2.75, 3.05) is 33.7 Å². The van der Waals surface area contributed by atoms with Crippen LogP contribution < -0.4 is 5.32 Å². The van der Waals surface area contributed by atoms with E-state index in [1.807, 2.05) is 0 Å². The molecule has 2 fully saturated rings. The molecule has 2 aliphatic rings. The van der Waals surface area contributed by atoms with Crippen molar-refractivity contribution in [2.24, 2.45) is 0 Å². The minimum absolute atomic E-state index is 0.0627. The number of rotatable bonds is 1. The third kappa shape index (κ3) is 2.79. The Morgan fingerprint density at radius 1 is 1.00 bits per heavy atom. The lowest BCUT2D eigenvalue weighted by atomic mass is 10.3. The Morgan fingerprint density at radius 2 is 1.70 bits per heavy atom. The first kappa shape index (κ1) is 14.4. The quantitative estimate of drug-likeness (QED) is 0.561. The van der Waals surface area contributed by atoms with Crippen molar-refractivity contribution in [3.63, 3.8) is 0 Å². The van der Waals surface area contributed by atoms with Crippen LogP contribution in [0, 0.1) is 0 Å². The lowest BCUT2D eigenvalue weighted by Crippen LogP contribution is -2.56. The van der Waals surface area contributed by atoms with Gasteiger partial charge in [-0.05, 0) is 0 Å². The molecule has 0 spiro atoms. The summed E-state index contributed by atoms with van der Waals surface area (Å²) in [5.74, 6) is -1.15. The smallest absolute Gasteiger partial charge is 0.260 e. The molecule has 0 bridgehead atoms. The van der Waals surface area contributed by atoms with Crippen LogP contribution in [0.2, 0.25) is 0 Å². The first-order valence-electron chi connectivity index (χ1n) is 6.48. The van der Waals surface area contributed by atoms with Gasteiger partial charge in [-0.25, -0.2) is 0 Å². The van der Waals surface area contributed by atoms with Gasteiger partial charge in [-0.15, -0.1) is 0 Å². The second kappa shape index (κ2) is 5.58. The van der Waals surface area contributed by atoms with Crippen LogP contribution in [0.15, 0.2) is 0 Å². The number of likely N-dealkylation sites (N-methyl/N-ethyl adjacent to an activating group) is 2. The van der Waals surface area contributed by atoms with Gasteiger partial charge in [0.15, 0.2) is 6.17 Å². The van der Waals surface area contributed by atoms with Crippen molar-refractivity contribution < 1.29 is 19.2 Å². The van der Waals surface area contributed by atoms with E-state index in [4.69, 9.17) is 0 Å². The number of hydrogen-bond donors (Lipinski definition) is 1. The molecule has 4 amide bonds. The van der Waals surface area contributed by atoms with Crippen molar-refractivity contribution in [3.8, 4) is 0 Å². The molecule has 0 aliphatic carbocycles. The second-order valence-electron chi connectivity index (χ2n) is 5.05. The molecule has 2 aliphatic heterocycles. The number of amides is 4. The standard InChI is InChI=1S/C12H18N4O4/c1-14-5-3-8(17)13-11(12(14)20)16-6-4-9(18)15(2)10(19)7-16/h11H,3-7H2,1-2H3,(H,13,17). The number of nitrogens with zero attached hydrogens (tertiary/aromatic N) is 3. The van der Waals surface area contributed by atoms with E-state index in [1.165, 1.54) is 11.9 Å². The molecule has 0 aromatic heterocycles. The lowest BCUT2D eigenvalue weighted by molar-refractivity contribution is -0.142. The van der Waals surface area contributed by atoms with Gasteiger partial charge in [0.25, 0.3) is 5.91 Å². The average molecular weight is 282 g/mol. The predicted molar refractivity (Wildman–Crippen MR) is 68.2 cm³/mol. The van der Waals surface area contributed by atoms with Gasteiger partial charge in [0, 0.05) is 40.0 Å². The molecule has 0 aromatic rings. The Hall–Kier alpha value is -1.96. The van der Waals surface area contributed by atoms with E-state index in [9.17, 15) is 19.2 Å². The average Bonchev–Trinajstić information content (AvgIpc) is 2.62. The zero-order valence-electron chi connectivity index (χ0n) is 11.6. The van der Waals surface area contributed by atoms with Crippen LogP contribution in [0.4, 0.5) is 0 Å². The maximum atomic E-state index is 12.2. The fourth-order valence-corrected chi connectivity index (χ4v) is 2.25. The molecule has 2 rings (SSSR count). The Labute approximate surface area is 116 Å². The van der Waals surface area contributed by atoms with E-state index in [1.54, 1.807) is 11.9 Å². The fraction of sp³-hybridized carbons (Fsp3) is 0.667. The van der Waals surface area contributed by atoms with Crippen LogP contribution in [-0.2, 0) is 19.2 Å². The summed E-state index contributed by atoms with van der Waals surface area (Å²) in [4.78, 5) is 51.4. The highest BCUT2D eigenvalue weighted by molar-refractivity contribution is 5.97. The van der Waals surface area contributed by atoms with Crippen LogP contribution in [-0.4, -0.2) is 78.2 Å². The molecule has 8 nitrogen and oxygen atoms in total. The van der Waals surface area contributed by atoms with Crippen molar-refractivity contribution >= 4 is 23.6 Å². The molecule has 0 aromatic carbocycles. The van der Waals surface area contributed by atoms with Gasteiger partial charge in [0.2, 0.25) is 17.7 Å². The van der Waals surface area contributed by atoms with Gasteiger partial charge in [0.05, 0.1) is 6.54 Å². The van der Waals surface area contributed by atoms with Crippen LogP contribution in [0.1, 0.15) is 12.8 Å². The highest BCUT2D eigenvalue weighted by Crippen LogP contribution is 2.11. The van der Waals surface area contributed by atoms with Gasteiger partial charge in [-0.1, -0.05) is 0 Å². The molecule has 1 N–H and O–H groups in total. The third-order valence-electron chi connectivity index (χ3n) is 3.65. The maximum Gasteiger partial charge on any atom is 0.260 e. The highest BCUT2D eigenvalue weighted by atomic mass is 16.2. The maximum absolute atomic E-state index is 12.2. The van der Waals surface area contributed by atoms with Crippen molar-refractivity contribution in [1.29, 1.82) is 0 Å². The molecule has 2 heterocycles. The number of nitrogens with one attached hydrogen (secondary N) is 1. The minimum Gasteiger partial charge on any atom is -0.342 e. The summed E-state index contributed by atoms with van der Waals surface area (Å²) in [6, 6.07) is 0. The SMILES string of the molecule is CN1CCC(=O)NC(N2CCC(=O)N(C)C(=O)C2)C1=O. The van der Waals surface area contributed by atoms with Crippen molar-refractivity contribution in [3.05, 3.63) is 0 Å². The van der Waals surface area contributed by atoms with Gasteiger partial charge < -0.3 is 10.2 Å². The monoisotopic (exact) mass is 282 g/mol. The summed E-state index contributed by atoms with van der Waals surface area (Å²) in [6.07, 6.45) is -0.497. The summed E-state index contributed by atoms with van der Waals surface area (Å²) >= 11 is 0. The molecule has 1 atom stereocenters. The normalized spacial score (nSPS) is 26.4. The fourth-order valence-electron chi connectivity index (χ4n) is 2.25. The van der Waals surface area contributed by atoms with Crippen molar-refractivity contribution in [1.82, 2.24) is 20.0 Å². The van der Waals surface area contributed by atoms with Crippen molar-refractivity contribution in [2.45, 2.75) is 19.0 Å². The van der Waals surface area contributed by atoms with Gasteiger partial charge >= 0.3 is 0 Å². The molecule has 1 unspecified atom stereocenters. The highest BCUT2D eigenvalue weighted by Gasteiger charge is 2.36. The second-order valence-corrected chi connectivity index (χ2v) is 5.05. The first-order valence-corrected chi connectivity index (χ1v) is 6.48. The zero-order chi connectivity index (χ0) is 14.9. The Morgan fingerprint density at radius 3 is 2.40 bits per heavy atom. The Kier molecular flexibility index (Phi) is 4.03. The predicted octanol–water partition coefficient (Wildman–Crippen LogP) is -2.02. The number of imide groups is 1. The summed E-state index contributed by atoms with van der Waals surface area (Å²) in [5, 5.41) is 2.62. The number of carbonyl (C=O) groups excluding carboxylic acids is 4. The molecule has 110 valence electrons. The summed E-state index contributed by atoms with van der Waals surface area (Å²) in [5.41, 5.74) is 0. The zero-order valence-corrected chi connectivity index (χ0v) is 11.6. The summed E-state index contributed by atoms with van der Waals surface area (Å²) < 4.78 is 0. The van der Waals surface area contributed by atoms with E-state index < -0.39 is 6.17 Å². The third-order valence-corrected chi connectivity index (χ3v) is 3.65. The summed E-state index contributed by atoms with van der Waals surface area (Å²) in [6.45, 7) is 0.550. The van der Waals surface area contributed by atoms with E-state index in [0.717, 1.165) is 4.90 Å². The van der Waals surface area contributed by atoms with Gasteiger partial charge in [-0.2, -0.15) is 0 Å². The Balaban J connectivity index is 2.19. The number of hydrogen-bond acceptors (Lipinski definition) is 5. The Bertz CT molecular complexity index is 464. The van der Waals surface area contributed by atoms with E-state index >= 15 is 0 Å². The van der Waals surface area contributed by atoms with E-state index in [2.05, 4.69) is 5.32 Å². The van der Waals surface area contributed by atoms with Crippen LogP contribution >= 0.6 is 0 Å². The molecule has 20 heavy (non-hydrogen) atoms. The minimum atomic E-state index is -0.877. The molecule has 0 saturated carbocycles. The first-order chi connectivity index (χ1) is 9.40. The molecular weight excluding hydrogens is 264 g/mol.